The van der Waals surface area contributed by atoms with Crippen LogP contribution in [0.5, 0.6) is 0 Å². The van der Waals surface area contributed by atoms with Crippen LogP contribution in [0.4, 0.5) is 10.1 Å². The molecule has 1 aromatic carbocycles. The summed E-state index contributed by atoms with van der Waals surface area (Å²) in [5, 5.41) is 5.40. The van der Waals surface area contributed by atoms with Crippen molar-refractivity contribution in [2.75, 3.05) is 11.9 Å². The number of amides is 2. The van der Waals surface area contributed by atoms with Crippen LogP contribution in [0.15, 0.2) is 48.7 Å². The molecule has 2 heterocycles. The first-order valence-corrected chi connectivity index (χ1v) is 8.28. The van der Waals surface area contributed by atoms with Crippen molar-refractivity contribution in [3.8, 4) is 0 Å². The molecule has 7 heteroatoms. The second-order valence-electron chi connectivity index (χ2n) is 6.31. The van der Waals surface area contributed by atoms with E-state index in [0.29, 0.717) is 23.7 Å². The maximum atomic E-state index is 13.3. The lowest BCUT2D eigenvalue weighted by Crippen LogP contribution is -2.29. The molecule has 0 radical (unpaired) electrons. The van der Waals surface area contributed by atoms with Crippen LogP contribution in [0.25, 0.3) is 5.52 Å². The van der Waals surface area contributed by atoms with Crippen molar-refractivity contribution in [2.24, 2.45) is 5.92 Å². The van der Waals surface area contributed by atoms with Crippen molar-refractivity contribution in [1.29, 1.82) is 0 Å². The van der Waals surface area contributed by atoms with Gasteiger partial charge in [-0.3, -0.25) is 14.0 Å². The lowest BCUT2D eigenvalue weighted by Gasteiger charge is -2.06. The number of carbonyl (C=O) groups is 2. The zero-order valence-corrected chi connectivity index (χ0v) is 14.5. The highest BCUT2D eigenvalue weighted by molar-refractivity contribution is 6.08. The summed E-state index contributed by atoms with van der Waals surface area (Å²) in [4.78, 5) is 29.3. The van der Waals surface area contributed by atoms with E-state index in [2.05, 4.69) is 15.6 Å². The molecule has 0 aliphatic heterocycles. The molecule has 0 saturated heterocycles. The minimum absolute atomic E-state index is 0.101. The Labute approximate surface area is 150 Å². The summed E-state index contributed by atoms with van der Waals surface area (Å²) in [6.45, 7) is 4.48. The van der Waals surface area contributed by atoms with Gasteiger partial charge in [-0.25, -0.2) is 9.37 Å². The summed E-state index contributed by atoms with van der Waals surface area (Å²) < 4.78 is 14.9. The predicted molar refractivity (Wildman–Crippen MR) is 96.7 cm³/mol. The standard InChI is InChI=1S/C19H19FN4O2/c1-12(2)11-21-19(26)17-23-16(15-8-3-4-9-24(15)17)18(25)22-14-7-5-6-13(20)10-14/h3-10,12H,11H2,1-2H3,(H,21,26)(H,22,25). The van der Waals surface area contributed by atoms with Crippen molar-refractivity contribution in [3.63, 3.8) is 0 Å². The van der Waals surface area contributed by atoms with E-state index in [1.807, 2.05) is 13.8 Å². The average molecular weight is 354 g/mol. The number of nitrogens with zero attached hydrogens (tertiary/aromatic N) is 2. The van der Waals surface area contributed by atoms with Crippen LogP contribution in [0.1, 0.15) is 35.0 Å². The van der Waals surface area contributed by atoms with E-state index in [0.717, 1.165) is 0 Å². The van der Waals surface area contributed by atoms with E-state index in [-0.39, 0.29) is 17.4 Å². The number of benzene rings is 1. The molecule has 0 atom stereocenters. The van der Waals surface area contributed by atoms with Gasteiger partial charge < -0.3 is 10.6 Å². The Kier molecular flexibility index (Phi) is 4.97. The summed E-state index contributed by atoms with van der Waals surface area (Å²) in [5.41, 5.74) is 0.915. The van der Waals surface area contributed by atoms with Crippen molar-refractivity contribution < 1.29 is 14.0 Å². The molecule has 134 valence electrons. The number of pyridine rings is 1. The number of hydrogen-bond acceptors (Lipinski definition) is 3. The second kappa shape index (κ2) is 7.35. The van der Waals surface area contributed by atoms with Crippen molar-refractivity contribution in [1.82, 2.24) is 14.7 Å². The number of rotatable bonds is 5. The highest BCUT2D eigenvalue weighted by Crippen LogP contribution is 2.16. The topological polar surface area (TPSA) is 75.5 Å². The first-order chi connectivity index (χ1) is 12.5. The van der Waals surface area contributed by atoms with Crippen LogP contribution in [0, 0.1) is 11.7 Å². The van der Waals surface area contributed by atoms with Gasteiger partial charge >= 0.3 is 0 Å². The molecule has 0 aliphatic rings. The molecule has 3 aromatic rings. The monoisotopic (exact) mass is 354 g/mol. The van der Waals surface area contributed by atoms with Gasteiger partial charge in [0.1, 0.15) is 5.82 Å². The van der Waals surface area contributed by atoms with E-state index in [1.54, 1.807) is 34.9 Å². The fraction of sp³-hybridized carbons (Fsp3) is 0.211. The lowest BCUT2D eigenvalue weighted by molar-refractivity contribution is 0.0938. The molecular weight excluding hydrogens is 335 g/mol. The number of nitrogens with one attached hydrogen (secondary N) is 2. The van der Waals surface area contributed by atoms with Crippen LogP contribution in [0.3, 0.4) is 0 Å². The normalized spacial score (nSPS) is 10.9. The van der Waals surface area contributed by atoms with E-state index in [9.17, 15) is 14.0 Å². The highest BCUT2D eigenvalue weighted by Gasteiger charge is 2.21. The van der Waals surface area contributed by atoms with Gasteiger partial charge in [-0.15, -0.1) is 0 Å². The number of imidazole rings is 1. The summed E-state index contributed by atoms with van der Waals surface area (Å²) in [7, 11) is 0. The van der Waals surface area contributed by atoms with E-state index in [4.69, 9.17) is 0 Å². The Bertz CT molecular complexity index is 965. The minimum Gasteiger partial charge on any atom is -0.349 e. The smallest absolute Gasteiger partial charge is 0.287 e. The van der Waals surface area contributed by atoms with Crippen LogP contribution in [0.2, 0.25) is 0 Å². The van der Waals surface area contributed by atoms with Gasteiger partial charge in [0.15, 0.2) is 5.69 Å². The van der Waals surface area contributed by atoms with Crippen molar-refractivity contribution >= 4 is 23.0 Å². The summed E-state index contributed by atoms with van der Waals surface area (Å²) >= 11 is 0. The van der Waals surface area contributed by atoms with Crippen LogP contribution in [-0.2, 0) is 0 Å². The van der Waals surface area contributed by atoms with Gasteiger partial charge in [-0.2, -0.15) is 0 Å². The molecule has 26 heavy (non-hydrogen) atoms. The third-order valence-electron chi connectivity index (χ3n) is 3.72. The maximum Gasteiger partial charge on any atom is 0.287 e. The molecule has 0 aliphatic carbocycles. The summed E-state index contributed by atoms with van der Waals surface area (Å²) in [6, 6.07) is 10.8. The third-order valence-corrected chi connectivity index (χ3v) is 3.72. The number of halogens is 1. The molecule has 0 unspecified atom stereocenters. The third kappa shape index (κ3) is 3.72. The Hall–Kier alpha value is -3.22. The first-order valence-electron chi connectivity index (χ1n) is 8.28. The Balaban J connectivity index is 1.93. The quantitative estimate of drug-likeness (QED) is 0.739. The molecule has 0 bridgehead atoms. The predicted octanol–water partition coefficient (Wildman–Crippen LogP) is 3.11. The second-order valence-corrected chi connectivity index (χ2v) is 6.31. The van der Waals surface area contributed by atoms with E-state index < -0.39 is 11.7 Å². The highest BCUT2D eigenvalue weighted by atomic mass is 19.1. The minimum atomic E-state index is -0.512. The van der Waals surface area contributed by atoms with E-state index >= 15 is 0 Å². The number of anilines is 1. The largest absolute Gasteiger partial charge is 0.349 e. The molecule has 2 aromatic heterocycles. The lowest BCUT2D eigenvalue weighted by atomic mass is 10.2. The molecule has 3 rings (SSSR count). The Morgan fingerprint density at radius 2 is 1.96 bits per heavy atom. The van der Waals surface area contributed by atoms with Crippen molar-refractivity contribution in [2.45, 2.75) is 13.8 Å². The van der Waals surface area contributed by atoms with Crippen molar-refractivity contribution in [3.05, 3.63) is 66.0 Å². The summed E-state index contributed by atoms with van der Waals surface area (Å²) in [6.07, 6.45) is 1.67. The van der Waals surface area contributed by atoms with E-state index in [1.165, 1.54) is 18.2 Å². The fourth-order valence-electron chi connectivity index (χ4n) is 2.50. The molecule has 2 amide bonds. The van der Waals surface area contributed by atoms with Crippen LogP contribution < -0.4 is 10.6 Å². The van der Waals surface area contributed by atoms with Gasteiger partial charge in [0.05, 0.1) is 5.52 Å². The number of aromatic nitrogens is 2. The molecular formula is C19H19FN4O2. The molecule has 0 saturated carbocycles. The maximum absolute atomic E-state index is 13.3. The number of carbonyl (C=O) groups excluding carboxylic acids is 2. The average Bonchev–Trinajstić information content (AvgIpc) is 2.99. The van der Waals surface area contributed by atoms with Gasteiger partial charge in [0.2, 0.25) is 5.82 Å². The van der Waals surface area contributed by atoms with Gasteiger partial charge in [-0.1, -0.05) is 26.0 Å². The van der Waals surface area contributed by atoms with Gasteiger partial charge in [0.25, 0.3) is 11.8 Å². The SMILES string of the molecule is CC(C)CNC(=O)c1nc(C(=O)Nc2cccc(F)c2)c2ccccn12. The molecule has 0 fully saturated rings. The Morgan fingerprint density at radius 3 is 2.69 bits per heavy atom. The molecule has 0 spiro atoms. The summed E-state index contributed by atoms with van der Waals surface area (Å²) in [5.74, 6) is -0.898. The first kappa shape index (κ1) is 17.6. The molecule has 2 N–H and O–H groups in total. The van der Waals surface area contributed by atoms with Gasteiger partial charge in [-0.05, 0) is 36.2 Å². The van der Waals surface area contributed by atoms with Crippen LogP contribution in [-0.4, -0.2) is 27.7 Å². The molecule has 6 nitrogen and oxygen atoms in total. The zero-order valence-electron chi connectivity index (χ0n) is 14.5. The Morgan fingerprint density at radius 1 is 1.15 bits per heavy atom. The zero-order chi connectivity index (χ0) is 18.7. The van der Waals surface area contributed by atoms with Gasteiger partial charge in [0, 0.05) is 18.4 Å². The fourth-order valence-corrected chi connectivity index (χ4v) is 2.50. The number of hydrogen-bond donors (Lipinski definition) is 2. The number of fused-ring (bicyclic) bond motifs is 1. The van der Waals surface area contributed by atoms with Crippen LogP contribution >= 0.6 is 0 Å².